The average molecular weight is 372 g/mol. The van der Waals surface area contributed by atoms with E-state index in [1.165, 1.54) is 0 Å². The van der Waals surface area contributed by atoms with Gasteiger partial charge in [0.2, 0.25) is 11.8 Å². The van der Waals surface area contributed by atoms with Crippen molar-refractivity contribution in [1.29, 1.82) is 0 Å². The molecule has 4 aliphatic carbocycles. The van der Waals surface area contributed by atoms with Crippen molar-refractivity contribution in [2.24, 2.45) is 35.5 Å². The summed E-state index contributed by atoms with van der Waals surface area (Å²) in [5, 5.41) is 0.308. The zero-order valence-electron chi connectivity index (χ0n) is 14.2. The van der Waals surface area contributed by atoms with Gasteiger partial charge in [-0.05, 0) is 49.1 Å². The summed E-state index contributed by atoms with van der Waals surface area (Å²) in [6, 6.07) is 5.67. The van der Waals surface area contributed by atoms with E-state index in [1.54, 1.807) is 31.2 Å². The second kappa shape index (κ2) is 5.43. The summed E-state index contributed by atoms with van der Waals surface area (Å²) in [7, 11) is 0. The lowest BCUT2D eigenvalue weighted by molar-refractivity contribution is -0.152. The number of imide groups is 1. The van der Waals surface area contributed by atoms with Gasteiger partial charge in [-0.1, -0.05) is 35.9 Å². The van der Waals surface area contributed by atoms with E-state index in [-0.39, 0.29) is 41.2 Å². The van der Waals surface area contributed by atoms with Crippen LogP contribution in [0.15, 0.2) is 36.4 Å². The largest absolute Gasteiger partial charge is 0.423 e. The summed E-state index contributed by atoms with van der Waals surface area (Å²) < 4.78 is 5.34. The van der Waals surface area contributed by atoms with Gasteiger partial charge < -0.3 is 4.74 Å². The van der Waals surface area contributed by atoms with E-state index in [0.717, 1.165) is 11.3 Å². The number of benzene rings is 1. The van der Waals surface area contributed by atoms with Crippen LogP contribution in [0.3, 0.4) is 0 Å². The molecule has 2 bridgehead atoms. The first-order valence-corrected chi connectivity index (χ1v) is 9.38. The fourth-order valence-electron chi connectivity index (χ4n) is 5.19. The van der Waals surface area contributed by atoms with Crippen LogP contribution in [0.1, 0.15) is 13.3 Å². The molecule has 7 atom stereocenters. The Balaban J connectivity index is 1.39. The summed E-state index contributed by atoms with van der Waals surface area (Å²) in [6.45, 7) is 1.54. The standard InChI is InChI=1S/C20H18ClNO4/c1-9(20(25)26-15-5-3-2-4-14(15)21)22-18(23)16-10-6-7-11(13-8-12(10)13)17(16)19(22)24/h2-7,9-13,16-17H,8H2,1H3/t9-,10-,11-,12-,13-,16-,17+/m1/s1. The van der Waals surface area contributed by atoms with Crippen LogP contribution in [0.4, 0.5) is 0 Å². The molecule has 1 aliphatic heterocycles. The molecule has 1 aromatic rings. The molecule has 5 nitrogen and oxygen atoms in total. The molecule has 0 radical (unpaired) electrons. The summed E-state index contributed by atoms with van der Waals surface area (Å²) in [5.74, 6) is -0.141. The van der Waals surface area contributed by atoms with E-state index < -0.39 is 12.0 Å². The molecular formula is C20H18ClNO4. The lowest BCUT2D eigenvalue weighted by Gasteiger charge is -2.37. The maximum atomic E-state index is 13.0. The zero-order chi connectivity index (χ0) is 18.2. The lowest BCUT2D eigenvalue weighted by Crippen LogP contribution is -2.45. The van der Waals surface area contributed by atoms with Gasteiger partial charge in [0.05, 0.1) is 16.9 Å². The van der Waals surface area contributed by atoms with Crippen molar-refractivity contribution in [2.45, 2.75) is 19.4 Å². The van der Waals surface area contributed by atoms with Crippen LogP contribution >= 0.6 is 11.6 Å². The molecule has 0 N–H and O–H groups in total. The number of hydrogen-bond acceptors (Lipinski definition) is 4. The van der Waals surface area contributed by atoms with Crippen LogP contribution < -0.4 is 4.74 Å². The fraction of sp³-hybridized carbons (Fsp3) is 0.450. The van der Waals surface area contributed by atoms with Crippen LogP contribution in [0.25, 0.3) is 0 Å². The first kappa shape index (κ1) is 16.1. The summed E-state index contributed by atoms with van der Waals surface area (Å²) in [6.07, 6.45) is 5.34. The third kappa shape index (κ3) is 2.07. The topological polar surface area (TPSA) is 63.7 Å². The molecule has 3 fully saturated rings. The van der Waals surface area contributed by atoms with E-state index in [2.05, 4.69) is 12.2 Å². The number of nitrogens with zero attached hydrogens (tertiary/aromatic N) is 1. The van der Waals surface area contributed by atoms with Gasteiger partial charge in [0, 0.05) is 0 Å². The Morgan fingerprint density at radius 2 is 1.69 bits per heavy atom. The number of allylic oxidation sites excluding steroid dienone is 2. The van der Waals surface area contributed by atoms with Crippen molar-refractivity contribution in [3.63, 3.8) is 0 Å². The lowest BCUT2D eigenvalue weighted by atomic mass is 9.63. The monoisotopic (exact) mass is 371 g/mol. The SMILES string of the molecule is C[C@H](C(=O)Oc1ccccc1Cl)N1C(=O)[C@@H]2[C@@H]3C=C[C@H]([C@H]4C[C@H]34)[C@@H]2C1=O. The van der Waals surface area contributed by atoms with Crippen molar-refractivity contribution >= 4 is 29.4 Å². The van der Waals surface area contributed by atoms with Crippen LogP contribution in [0.5, 0.6) is 5.75 Å². The van der Waals surface area contributed by atoms with Gasteiger partial charge in [0.1, 0.15) is 11.8 Å². The number of hydrogen-bond donors (Lipinski definition) is 0. The van der Waals surface area contributed by atoms with Gasteiger partial charge in [-0.2, -0.15) is 0 Å². The van der Waals surface area contributed by atoms with Crippen LogP contribution in [-0.2, 0) is 14.4 Å². The molecule has 2 saturated carbocycles. The van der Waals surface area contributed by atoms with Gasteiger partial charge in [0.25, 0.3) is 0 Å². The van der Waals surface area contributed by atoms with Crippen molar-refractivity contribution in [2.75, 3.05) is 0 Å². The van der Waals surface area contributed by atoms with Gasteiger partial charge in [-0.3, -0.25) is 14.5 Å². The molecule has 1 saturated heterocycles. The van der Waals surface area contributed by atoms with Crippen LogP contribution in [0.2, 0.25) is 5.02 Å². The minimum absolute atomic E-state index is 0.142. The maximum Gasteiger partial charge on any atom is 0.334 e. The zero-order valence-corrected chi connectivity index (χ0v) is 14.9. The van der Waals surface area contributed by atoms with Crippen LogP contribution in [0, 0.1) is 35.5 Å². The highest BCUT2D eigenvalue weighted by Gasteiger charge is 2.67. The van der Waals surface area contributed by atoms with Crippen molar-refractivity contribution in [1.82, 2.24) is 4.90 Å². The Labute approximate surface area is 155 Å². The number of amides is 2. The van der Waals surface area contributed by atoms with Crippen LogP contribution in [-0.4, -0.2) is 28.7 Å². The molecule has 0 spiro atoms. The van der Waals surface area contributed by atoms with E-state index in [1.807, 2.05) is 0 Å². The van der Waals surface area contributed by atoms with Gasteiger partial charge in [-0.15, -0.1) is 0 Å². The summed E-state index contributed by atoms with van der Waals surface area (Å²) >= 11 is 6.02. The molecule has 6 rings (SSSR count). The van der Waals surface area contributed by atoms with E-state index in [4.69, 9.17) is 16.3 Å². The Hall–Kier alpha value is -2.14. The van der Waals surface area contributed by atoms with Gasteiger partial charge in [0.15, 0.2) is 0 Å². The highest BCUT2D eigenvalue weighted by molar-refractivity contribution is 6.32. The quantitative estimate of drug-likeness (QED) is 0.354. The molecule has 134 valence electrons. The number of halogens is 1. The molecule has 6 heteroatoms. The summed E-state index contributed by atoms with van der Waals surface area (Å²) in [4.78, 5) is 39.7. The second-order valence-corrected chi connectivity index (χ2v) is 8.14. The third-order valence-corrected chi connectivity index (χ3v) is 6.78. The number of rotatable bonds is 3. The highest BCUT2D eigenvalue weighted by atomic mass is 35.5. The second-order valence-electron chi connectivity index (χ2n) is 7.73. The minimum Gasteiger partial charge on any atom is -0.423 e. The van der Waals surface area contributed by atoms with Gasteiger partial charge in [-0.25, -0.2) is 4.79 Å². The minimum atomic E-state index is -0.965. The molecule has 0 aromatic heterocycles. The molecule has 5 aliphatic rings. The molecule has 0 unspecified atom stereocenters. The van der Waals surface area contributed by atoms with Crippen molar-refractivity contribution in [3.8, 4) is 5.75 Å². The molecule has 1 aromatic carbocycles. The average Bonchev–Trinajstić information content (AvgIpc) is 3.41. The van der Waals surface area contributed by atoms with E-state index in [9.17, 15) is 14.4 Å². The Morgan fingerprint density at radius 3 is 2.27 bits per heavy atom. The molecule has 26 heavy (non-hydrogen) atoms. The van der Waals surface area contributed by atoms with E-state index in [0.29, 0.717) is 16.9 Å². The van der Waals surface area contributed by atoms with Crippen molar-refractivity contribution in [3.05, 3.63) is 41.4 Å². The Kier molecular flexibility index (Phi) is 3.35. The molecule has 2 amide bonds. The number of carbonyl (C=O) groups excluding carboxylic acids is 3. The number of ether oxygens (including phenoxy) is 1. The van der Waals surface area contributed by atoms with Gasteiger partial charge >= 0.3 is 5.97 Å². The highest BCUT2D eigenvalue weighted by Crippen LogP contribution is 2.65. The first-order valence-electron chi connectivity index (χ1n) is 9.00. The number of likely N-dealkylation sites (tertiary alicyclic amines) is 1. The molecular weight excluding hydrogens is 354 g/mol. The molecule has 1 heterocycles. The number of esters is 1. The predicted molar refractivity (Wildman–Crippen MR) is 93.1 cm³/mol. The third-order valence-electron chi connectivity index (χ3n) is 6.47. The predicted octanol–water partition coefficient (Wildman–Crippen LogP) is 2.69. The van der Waals surface area contributed by atoms with Crippen molar-refractivity contribution < 1.29 is 19.1 Å². The Morgan fingerprint density at radius 1 is 1.12 bits per heavy atom. The smallest absolute Gasteiger partial charge is 0.334 e. The Bertz CT molecular complexity index is 829. The number of carbonyl (C=O) groups is 3. The first-order chi connectivity index (χ1) is 12.5. The maximum absolute atomic E-state index is 13.0. The summed E-state index contributed by atoms with van der Waals surface area (Å²) in [5.41, 5.74) is 0. The van der Waals surface area contributed by atoms with E-state index >= 15 is 0 Å². The number of para-hydroxylation sites is 1. The normalized spacial score (nSPS) is 37.4. The fourth-order valence-corrected chi connectivity index (χ4v) is 5.36.